The number of nitrogens with zero attached hydrogens (tertiary/aromatic N) is 1. The Balaban J connectivity index is 2.40. The van der Waals surface area contributed by atoms with Gasteiger partial charge in [-0.2, -0.15) is 13.2 Å². The number of carboxylic acid groups (broad SMARTS) is 1. The van der Waals surface area contributed by atoms with E-state index in [9.17, 15) is 22.8 Å². The lowest BCUT2D eigenvalue weighted by atomic mass is 10.2. The van der Waals surface area contributed by atoms with Gasteiger partial charge in [-0.15, -0.1) is 0 Å². The highest BCUT2D eigenvalue weighted by Gasteiger charge is 2.34. The second kappa shape index (κ2) is 5.24. The van der Waals surface area contributed by atoms with Gasteiger partial charge in [-0.3, -0.25) is 0 Å². The van der Waals surface area contributed by atoms with Crippen LogP contribution in [0.2, 0.25) is 0 Å². The van der Waals surface area contributed by atoms with Crippen molar-refractivity contribution in [3.63, 3.8) is 0 Å². The van der Waals surface area contributed by atoms with Crippen LogP contribution in [0.1, 0.15) is 19.3 Å². The Hall–Kier alpha value is -1.47. The molecule has 0 aromatic carbocycles. The van der Waals surface area contributed by atoms with Crippen molar-refractivity contribution < 1.29 is 27.9 Å². The van der Waals surface area contributed by atoms with E-state index in [1.165, 1.54) is 0 Å². The summed E-state index contributed by atoms with van der Waals surface area (Å²) in [7, 11) is 0. The number of aliphatic carboxylic acids is 1. The van der Waals surface area contributed by atoms with Crippen molar-refractivity contribution in [3.8, 4) is 0 Å². The van der Waals surface area contributed by atoms with Crippen molar-refractivity contribution in [2.75, 3.05) is 13.1 Å². The Morgan fingerprint density at radius 2 is 2.06 bits per heavy atom. The third-order valence-corrected chi connectivity index (χ3v) is 2.48. The van der Waals surface area contributed by atoms with Gasteiger partial charge >= 0.3 is 18.2 Å². The molecule has 1 heterocycles. The molecule has 5 nitrogen and oxygen atoms in total. The number of alkyl halides is 3. The number of amides is 2. The Morgan fingerprint density at radius 1 is 1.41 bits per heavy atom. The molecule has 1 aliphatic rings. The number of carbonyl (C=O) groups excluding carboxylic acids is 1. The number of hydrogen-bond donors (Lipinski definition) is 2. The highest BCUT2D eigenvalue weighted by atomic mass is 19.4. The highest BCUT2D eigenvalue weighted by molar-refractivity contribution is 5.83. The maximum absolute atomic E-state index is 11.8. The van der Waals surface area contributed by atoms with Crippen LogP contribution in [0.5, 0.6) is 0 Å². The molecule has 1 atom stereocenters. The average Bonchev–Trinajstić information content (AvgIpc) is 2.63. The van der Waals surface area contributed by atoms with E-state index in [0.29, 0.717) is 12.8 Å². The molecular weight excluding hydrogens is 241 g/mol. The van der Waals surface area contributed by atoms with Gasteiger partial charge in [-0.25, -0.2) is 9.59 Å². The second-order valence-electron chi connectivity index (χ2n) is 3.79. The van der Waals surface area contributed by atoms with Crippen molar-refractivity contribution in [2.24, 2.45) is 0 Å². The smallest absolute Gasteiger partial charge is 0.390 e. The number of hydrogen-bond acceptors (Lipinski definition) is 2. The van der Waals surface area contributed by atoms with Crippen molar-refractivity contribution in [1.82, 2.24) is 10.2 Å². The molecule has 1 rings (SSSR count). The predicted molar refractivity (Wildman–Crippen MR) is 51.4 cm³/mol. The number of carbonyl (C=O) groups is 2. The highest BCUT2D eigenvalue weighted by Crippen LogP contribution is 2.19. The van der Waals surface area contributed by atoms with Gasteiger partial charge in [0.2, 0.25) is 0 Å². The molecule has 1 fully saturated rings. The van der Waals surface area contributed by atoms with Crippen LogP contribution in [0.4, 0.5) is 18.0 Å². The summed E-state index contributed by atoms with van der Waals surface area (Å²) < 4.78 is 35.5. The van der Waals surface area contributed by atoms with Crippen molar-refractivity contribution in [1.29, 1.82) is 0 Å². The van der Waals surface area contributed by atoms with E-state index in [0.717, 1.165) is 4.90 Å². The molecule has 98 valence electrons. The third kappa shape index (κ3) is 4.12. The van der Waals surface area contributed by atoms with Crippen molar-refractivity contribution in [3.05, 3.63) is 0 Å². The molecule has 8 heteroatoms. The van der Waals surface area contributed by atoms with Crippen LogP contribution in [0.3, 0.4) is 0 Å². The van der Waals surface area contributed by atoms with E-state index in [-0.39, 0.29) is 6.54 Å². The minimum Gasteiger partial charge on any atom is -0.480 e. The Labute approximate surface area is 95.6 Å². The molecule has 17 heavy (non-hydrogen) atoms. The minimum atomic E-state index is -4.33. The summed E-state index contributed by atoms with van der Waals surface area (Å²) in [4.78, 5) is 23.2. The molecule has 0 aromatic heterocycles. The summed E-state index contributed by atoms with van der Waals surface area (Å²) in [6.07, 6.45) is -4.57. The topological polar surface area (TPSA) is 69.6 Å². The summed E-state index contributed by atoms with van der Waals surface area (Å²) in [5, 5.41) is 10.9. The van der Waals surface area contributed by atoms with Crippen LogP contribution >= 0.6 is 0 Å². The number of rotatable bonds is 3. The molecule has 0 aliphatic carbocycles. The Morgan fingerprint density at radius 3 is 2.59 bits per heavy atom. The molecule has 0 spiro atoms. The zero-order valence-corrected chi connectivity index (χ0v) is 8.96. The van der Waals surface area contributed by atoms with Crippen LogP contribution in [0.15, 0.2) is 0 Å². The van der Waals surface area contributed by atoms with Gasteiger partial charge in [0.1, 0.15) is 6.04 Å². The fourth-order valence-electron chi connectivity index (χ4n) is 1.68. The summed E-state index contributed by atoms with van der Waals surface area (Å²) in [5.74, 6) is -1.13. The summed E-state index contributed by atoms with van der Waals surface area (Å²) >= 11 is 0. The Kier molecular flexibility index (Phi) is 4.19. The Bertz CT molecular complexity index is 306. The lowest BCUT2D eigenvalue weighted by Gasteiger charge is -2.21. The van der Waals surface area contributed by atoms with Gasteiger partial charge in [-0.1, -0.05) is 0 Å². The van der Waals surface area contributed by atoms with Crippen LogP contribution < -0.4 is 5.32 Å². The predicted octanol–water partition coefficient (Wildman–Crippen LogP) is 1.20. The van der Waals surface area contributed by atoms with Crippen molar-refractivity contribution >= 4 is 12.0 Å². The van der Waals surface area contributed by atoms with Gasteiger partial charge < -0.3 is 15.3 Å². The summed E-state index contributed by atoms with van der Waals surface area (Å²) in [6, 6.07) is -1.68. The third-order valence-electron chi connectivity index (χ3n) is 2.48. The second-order valence-corrected chi connectivity index (χ2v) is 3.79. The largest absolute Gasteiger partial charge is 0.480 e. The van der Waals surface area contributed by atoms with E-state index >= 15 is 0 Å². The quantitative estimate of drug-likeness (QED) is 0.795. The SMILES string of the molecule is O=C(O)[C@@H]1CCCN1C(=O)NCCC(F)(F)F. The maximum Gasteiger partial charge on any atom is 0.390 e. The molecule has 1 aliphatic heterocycles. The minimum absolute atomic E-state index is 0.259. The van der Waals surface area contributed by atoms with E-state index < -0.39 is 37.2 Å². The molecule has 2 amide bonds. The zero-order valence-electron chi connectivity index (χ0n) is 8.96. The molecule has 1 saturated heterocycles. The molecular formula is C9H13F3N2O3. The van der Waals surface area contributed by atoms with Crippen molar-refractivity contribution in [2.45, 2.75) is 31.5 Å². The lowest BCUT2D eigenvalue weighted by Crippen LogP contribution is -2.46. The molecule has 0 bridgehead atoms. The first-order chi connectivity index (χ1) is 7.81. The monoisotopic (exact) mass is 254 g/mol. The number of carboxylic acids is 1. The number of halogens is 3. The van der Waals surface area contributed by atoms with E-state index in [1.807, 2.05) is 0 Å². The lowest BCUT2D eigenvalue weighted by molar-refractivity contribution is -0.141. The summed E-state index contributed by atoms with van der Waals surface area (Å²) in [6.45, 7) is -0.278. The number of likely N-dealkylation sites (tertiary alicyclic amines) is 1. The first kappa shape index (κ1) is 13.6. The van der Waals surface area contributed by atoms with Crippen LogP contribution in [-0.2, 0) is 4.79 Å². The molecule has 2 N–H and O–H groups in total. The van der Waals surface area contributed by atoms with Crippen LogP contribution in [0, 0.1) is 0 Å². The number of urea groups is 1. The normalized spacial score (nSPS) is 20.4. The van der Waals surface area contributed by atoms with Gasteiger partial charge in [-0.05, 0) is 12.8 Å². The molecule has 0 radical (unpaired) electrons. The van der Waals surface area contributed by atoms with Gasteiger partial charge in [0.25, 0.3) is 0 Å². The first-order valence-corrected chi connectivity index (χ1v) is 5.15. The fourth-order valence-corrected chi connectivity index (χ4v) is 1.68. The fraction of sp³-hybridized carbons (Fsp3) is 0.778. The van der Waals surface area contributed by atoms with Gasteiger partial charge in [0, 0.05) is 13.1 Å². The standard InChI is InChI=1S/C9H13F3N2O3/c10-9(11,12)3-4-13-8(17)14-5-1-2-6(14)7(15)16/h6H,1-5H2,(H,13,17)(H,15,16)/t6-/m0/s1. The average molecular weight is 254 g/mol. The molecule has 0 saturated carbocycles. The molecule has 0 aromatic rings. The van der Waals surface area contributed by atoms with E-state index in [1.54, 1.807) is 0 Å². The van der Waals surface area contributed by atoms with Crippen LogP contribution in [-0.4, -0.2) is 47.3 Å². The summed E-state index contributed by atoms with van der Waals surface area (Å²) in [5.41, 5.74) is 0. The zero-order chi connectivity index (χ0) is 13.1. The maximum atomic E-state index is 11.8. The van der Waals surface area contributed by atoms with E-state index in [4.69, 9.17) is 5.11 Å². The molecule has 0 unspecified atom stereocenters. The van der Waals surface area contributed by atoms with Gasteiger partial charge in [0.05, 0.1) is 6.42 Å². The first-order valence-electron chi connectivity index (χ1n) is 5.15. The van der Waals surface area contributed by atoms with Gasteiger partial charge in [0.15, 0.2) is 0 Å². The van der Waals surface area contributed by atoms with Crippen LogP contribution in [0.25, 0.3) is 0 Å². The van der Waals surface area contributed by atoms with E-state index in [2.05, 4.69) is 5.32 Å². The number of nitrogens with one attached hydrogen (secondary N) is 1.